The van der Waals surface area contributed by atoms with E-state index in [2.05, 4.69) is 36.2 Å². The first-order valence-electron chi connectivity index (χ1n) is 4.54. The Labute approximate surface area is 89.9 Å². The van der Waals surface area contributed by atoms with Crippen LogP contribution in [-0.4, -0.2) is 5.16 Å². The van der Waals surface area contributed by atoms with Crippen LogP contribution >= 0.6 is 12.2 Å². The Hall–Kier alpha value is -1.18. The summed E-state index contributed by atoms with van der Waals surface area (Å²) in [5.74, 6) is 0.398. The topological polar surface area (TPSA) is 38.4 Å². The van der Waals surface area contributed by atoms with Gasteiger partial charge in [-0.2, -0.15) is 4.99 Å². The van der Waals surface area contributed by atoms with Gasteiger partial charge in [0.05, 0.1) is 10.8 Å². The van der Waals surface area contributed by atoms with E-state index in [0.717, 1.165) is 22.5 Å². The Morgan fingerprint density at radius 1 is 1.43 bits per heavy atom. The van der Waals surface area contributed by atoms with Crippen LogP contribution in [0, 0.1) is 6.92 Å². The predicted molar refractivity (Wildman–Crippen MR) is 64.4 cm³/mol. The molecule has 0 aromatic heterocycles. The third-order valence-corrected chi connectivity index (χ3v) is 2.28. The van der Waals surface area contributed by atoms with Crippen molar-refractivity contribution in [2.75, 3.05) is 5.73 Å². The molecule has 0 aliphatic carbocycles. The lowest BCUT2D eigenvalue weighted by atomic mass is 9.98. The highest BCUT2D eigenvalue weighted by atomic mass is 32.1. The summed E-state index contributed by atoms with van der Waals surface area (Å²) in [5, 5.41) is 2.38. The lowest BCUT2D eigenvalue weighted by Crippen LogP contribution is -1.97. The number of anilines is 1. The van der Waals surface area contributed by atoms with Gasteiger partial charge >= 0.3 is 0 Å². The highest BCUT2D eigenvalue weighted by molar-refractivity contribution is 7.78. The minimum absolute atomic E-state index is 0.398. The van der Waals surface area contributed by atoms with Crippen LogP contribution in [0.1, 0.15) is 30.9 Å². The zero-order chi connectivity index (χ0) is 10.7. The Balaban J connectivity index is 3.34. The minimum atomic E-state index is 0.398. The summed E-state index contributed by atoms with van der Waals surface area (Å²) in [5.41, 5.74) is 9.72. The van der Waals surface area contributed by atoms with Crippen LogP contribution < -0.4 is 5.73 Å². The third-order valence-electron chi connectivity index (χ3n) is 2.19. The largest absolute Gasteiger partial charge is 0.398 e. The number of nitrogen functional groups attached to an aromatic ring is 1. The van der Waals surface area contributed by atoms with Crippen molar-refractivity contribution in [2.24, 2.45) is 4.99 Å². The van der Waals surface area contributed by atoms with E-state index in [4.69, 9.17) is 5.73 Å². The molecule has 0 fully saturated rings. The Morgan fingerprint density at radius 3 is 2.57 bits per heavy atom. The van der Waals surface area contributed by atoms with Crippen molar-refractivity contribution in [1.29, 1.82) is 0 Å². The average Bonchev–Trinajstić information content (AvgIpc) is 2.09. The predicted octanol–water partition coefficient (Wildman–Crippen LogP) is 3.43. The summed E-state index contributed by atoms with van der Waals surface area (Å²) in [6.45, 7) is 6.17. The molecule has 1 rings (SSSR count). The summed E-state index contributed by atoms with van der Waals surface area (Å²) >= 11 is 4.59. The van der Waals surface area contributed by atoms with Crippen LogP contribution in [0.4, 0.5) is 11.4 Å². The first-order chi connectivity index (χ1) is 6.56. The maximum atomic E-state index is 5.90. The molecule has 0 atom stereocenters. The summed E-state index contributed by atoms with van der Waals surface area (Å²) in [7, 11) is 0. The van der Waals surface area contributed by atoms with Crippen molar-refractivity contribution < 1.29 is 0 Å². The van der Waals surface area contributed by atoms with Gasteiger partial charge in [-0.05, 0) is 48.3 Å². The molecule has 1 aromatic carbocycles. The van der Waals surface area contributed by atoms with E-state index >= 15 is 0 Å². The van der Waals surface area contributed by atoms with Crippen LogP contribution in [0.15, 0.2) is 17.1 Å². The number of benzene rings is 1. The van der Waals surface area contributed by atoms with Crippen molar-refractivity contribution in [3.8, 4) is 0 Å². The molecule has 1 aromatic rings. The molecule has 2 nitrogen and oxygen atoms in total. The molecule has 3 heteroatoms. The first kappa shape index (κ1) is 10.9. The van der Waals surface area contributed by atoms with E-state index < -0.39 is 0 Å². The van der Waals surface area contributed by atoms with Gasteiger partial charge in [0.2, 0.25) is 0 Å². The number of nitrogens with two attached hydrogens (primary N) is 1. The van der Waals surface area contributed by atoms with Crippen molar-refractivity contribution in [3.05, 3.63) is 23.3 Å². The monoisotopic (exact) mass is 206 g/mol. The molecule has 0 unspecified atom stereocenters. The smallest absolute Gasteiger partial charge is 0.0773 e. The van der Waals surface area contributed by atoms with Gasteiger partial charge in [0, 0.05) is 5.69 Å². The van der Waals surface area contributed by atoms with Crippen molar-refractivity contribution >= 4 is 28.8 Å². The van der Waals surface area contributed by atoms with Gasteiger partial charge in [0.1, 0.15) is 0 Å². The molecular weight excluding hydrogens is 192 g/mol. The molecule has 0 spiro atoms. The summed E-state index contributed by atoms with van der Waals surface area (Å²) in [6, 6.07) is 3.91. The summed E-state index contributed by atoms with van der Waals surface area (Å²) < 4.78 is 0. The maximum Gasteiger partial charge on any atom is 0.0773 e. The van der Waals surface area contributed by atoms with Crippen molar-refractivity contribution in [1.82, 2.24) is 0 Å². The molecule has 14 heavy (non-hydrogen) atoms. The van der Waals surface area contributed by atoms with Gasteiger partial charge in [0.15, 0.2) is 0 Å². The highest BCUT2D eigenvalue weighted by Gasteiger charge is 2.07. The van der Waals surface area contributed by atoms with E-state index in [-0.39, 0.29) is 0 Å². The number of nitrogens with zero attached hydrogens (tertiary/aromatic N) is 1. The SMILES string of the molecule is Cc1cc(N)c(C(C)C)cc1N=C=S. The van der Waals surface area contributed by atoms with Gasteiger partial charge in [-0.3, -0.25) is 0 Å². The van der Waals surface area contributed by atoms with Crippen molar-refractivity contribution in [3.63, 3.8) is 0 Å². The van der Waals surface area contributed by atoms with Gasteiger partial charge in [-0.25, -0.2) is 0 Å². The highest BCUT2D eigenvalue weighted by Crippen LogP contribution is 2.29. The fourth-order valence-electron chi connectivity index (χ4n) is 1.40. The number of isothiocyanates is 1. The van der Waals surface area contributed by atoms with E-state index in [1.807, 2.05) is 19.1 Å². The third kappa shape index (κ3) is 2.19. The number of rotatable bonds is 2. The summed E-state index contributed by atoms with van der Waals surface area (Å²) in [6.07, 6.45) is 0. The standard InChI is InChI=1S/C11H14N2S/c1-7(2)9-5-11(13-6-14)8(3)4-10(9)12/h4-5,7H,12H2,1-3H3. The van der Waals surface area contributed by atoms with Crippen LogP contribution in [0.3, 0.4) is 0 Å². The van der Waals surface area contributed by atoms with Gasteiger partial charge in [0.25, 0.3) is 0 Å². The Bertz CT molecular complexity index is 391. The molecule has 2 N–H and O–H groups in total. The normalized spacial score (nSPS) is 10.0. The maximum absolute atomic E-state index is 5.90. The molecule has 0 bridgehead atoms. The fraction of sp³-hybridized carbons (Fsp3) is 0.364. The molecule has 0 heterocycles. The van der Waals surface area contributed by atoms with E-state index in [1.165, 1.54) is 0 Å². The van der Waals surface area contributed by atoms with Gasteiger partial charge < -0.3 is 5.73 Å². The number of hydrogen-bond acceptors (Lipinski definition) is 3. The average molecular weight is 206 g/mol. The van der Waals surface area contributed by atoms with Crippen LogP contribution in [-0.2, 0) is 0 Å². The Morgan fingerprint density at radius 2 is 2.07 bits per heavy atom. The second-order valence-corrected chi connectivity index (χ2v) is 3.81. The quantitative estimate of drug-likeness (QED) is 0.457. The molecule has 0 saturated heterocycles. The molecule has 0 saturated carbocycles. The van der Waals surface area contributed by atoms with Crippen LogP contribution in [0.5, 0.6) is 0 Å². The zero-order valence-corrected chi connectivity index (χ0v) is 9.48. The number of aryl methyl sites for hydroxylation is 1. The first-order valence-corrected chi connectivity index (χ1v) is 4.95. The Kier molecular flexibility index (Phi) is 3.39. The minimum Gasteiger partial charge on any atom is -0.398 e. The van der Waals surface area contributed by atoms with E-state index in [1.54, 1.807) is 0 Å². The second kappa shape index (κ2) is 4.36. The molecular formula is C11H14N2S. The molecule has 0 amide bonds. The fourth-order valence-corrected chi connectivity index (χ4v) is 1.50. The van der Waals surface area contributed by atoms with Gasteiger partial charge in [-0.1, -0.05) is 13.8 Å². The van der Waals surface area contributed by atoms with Gasteiger partial charge in [-0.15, -0.1) is 0 Å². The number of thiocarbonyl (C=S) groups is 1. The zero-order valence-electron chi connectivity index (χ0n) is 8.66. The second-order valence-electron chi connectivity index (χ2n) is 3.63. The lowest BCUT2D eigenvalue weighted by Gasteiger charge is -2.11. The molecule has 0 radical (unpaired) electrons. The van der Waals surface area contributed by atoms with Crippen LogP contribution in [0.25, 0.3) is 0 Å². The molecule has 0 aliphatic heterocycles. The van der Waals surface area contributed by atoms with Crippen LogP contribution in [0.2, 0.25) is 0 Å². The summed E-state index contributed by atoms with van der Waals surface area (Å²) in [4.78, 5) is 4.00. The molecule has 0 aliphatic rings. The lowest BCUT2D eigenvalue weighted by molar-refractivity contribution is 0.869. The van der Waals surface area contributed by atoms with E-state index in [0.29, 0.717) is 5.92 Å². The van der Waals surface area contributed by atoms with E-state index in [9.17, 15) is 0 Å². The van der Waals surface area contributed by atoms with Crippen molar-refractivity contribution in [2.45, 2.75) is 26.7 Å². The molecule has 74 valence electrons. The number of hydrogen-bond donors (Lipinski definition) is 1. The number of aliphatic imine (C=N–C) groups is 1.